The molecule has 1 N–H and O–H groups in total. The van der Waals surface area contributed by atoms with Gasteiger partial charge in [-0.15, -0.1) is 0 Å². The zero-order valence-corrected chi connectivity index (χ0v) is 12.8. The number of carbonyl (C=O) groups excluding carboxylic acids is 1. The third kappa shape index (κ3) is 5.21. The van der Waals surface area contributed by atoms with Gasteiger partial charge in [-0.2, -0.15) is 0 Å². The van der Waals surface area contributed by atoms with Crippen molar-refractivity contribution in [3.63, 3.8) is 0 Å². The molecule has 1 aromatic rings. The Morgan fingerprint density at radius 2 is 1.94 bits per heavy atom. The van der Waals surface area contributed by atoms with Crippen molar-refractivity contribution in [3.05, 3.63) is 35.4 Å². The van der Waals surface area contributed by atoms with Gasteiger partial charge in [0, 0.05) is 16.9 Å². The van der Waals surface area contributed by atoms with Crippen LogP contribution in [-0.4, -0.2) is 11.9 Å². The van der Waals surface area contributed by atoms with E-state index in [1.54, 1.807) is 0 Å². The molecule has 0 saturated carbocycles. The van der Waals surface area contributed by atoms with Gasteiger partial charge in [0.15, 0.2) is 0 Å². The van der Waals surface area contributed by atoms with E-state index in [0.717, 1.165) is 17.3 Å². The van der Waals surface area contributed by atoms with Crippen molar-refractivity contribution < 1.29 is 4.79 Å². The zero-order valence-electron chi connectivity index (χ0n) is 11.2. The van der Waals surface area contributed by atoms with Crippen LogP contribution in [0.1, 0.15) is 55.5 Å². The Morgan fingerprint density at radius 1 is 1.28 bits per heavy atom. The minimum Gasteiger partial charge on any atom is -0.350 e. The Morgan fingerprint density at radius 3 is 2.50 bits per heavy atom. The molecule has 100 valence electrons. The van der Waals surface area contributed by atoms with Crippen molar-refractivity contribution in [1.82, 2.24) is 5.32 Å². The summed E-state index contributed by atoms with van der Waals surface area (Å²) in [6.07, 6.45) is 4.69. The summed E-state index contributed by atoms with van der Waals surface area (Å²) >= 11 is 3.39. The maximum Gasteiger partial charge on any atom is 0.251 e. The fraction of sp³-hybridized carbons (Fsp3) is 0.533. The maximum absolute atomic E-state index is 12.0. The molecule has 2 nitrogen and oxygen atoms in total. The minimum absolute atomic E-state index is 0.0279. The Kier molecular flexibility index (Phi) is 7.02. The summed E-state index contributed by atoms with van der Waals surface area (Å²) in [7, 11) is 0. The Balaban J connectivity index is 2.43. The highest BCUT2D eigenvalue weighted by molar-refractivity contribution is 9.08. The van der Waals surface area contributed by atoms with E-state index < -0.39 is 0 Å². The van der Waals surface area contributed by atoms with Gasteiger partial charge in [0.1, 0.15) is 0 Å². The number of rotatable bonds is 7. The van der Waals surface area contributed by atoms with Crippen LogP contribution in [0.2, 0.25) is 0 Å². The SMILES string of the molecule is CCCCCC(C)NC(=O)c1ccc(CBr)cc1. The third-order valence-corrected chi connectivity index (χ3v) is 3.64. The lowest BCUT2D eigenvalue weighted by Crippen LogP contribution is -2.32. The lowest BCUT2D eigenvalue weighted by Gasteiger charge is -2.13. The summed E-state index contributed by atoms with van der Waals surface area (Å²) in [6.45, 7) is 4.26. The molecular formula is C15H22BrNO. The highest BCUT2D eigenvalue weighted by atomic mass is 79.9. The third-order valence-electron chi connectivity index (χ3n) is 2.99. The smallest absolute Gasteiger partial charge is 0.251 e. The Hall–Kier alpha value is -0.830. The molecule has 0 aliphatic heterocycles. The first-order valence-corrected chi connectivity index (χ1v) is 7.75. The molecule has 0 bridgehead atoms. The van der Waals surface area contributed by atoms with Crippen LogP contribution in [0, 0.1) is 0 Å². The van der Waals surface area contributed by atoms with Gasteiger partial charge in [-0.05, 0) is 31.0 Å². The largest absolute Gasteiger partial charge is 0.350 e. The average Bonchev–Trinajstić information content (AvgIpc) is 2.39. The van der Waals surface area contributed by atoms with Crippen molar-refractivity contribution in [1.29, 1.82) is 0 Å². The molecule has 18 heavy (non-hydrogen) atoms. The predicted molar refractivity (Wildman–Crippen MR) is 80.1 cm³/mol. The lowest BCUT2D eigenvalue weighted by atomic mass is 10.1. The fourth-order valence-electron chi connectivity index (χ4n) is 1.83. The first-order valence-electron chi connectivity index (χ1n) is 6.63. The first kappa shape index (κ1) is 15.2. The number of benzene rings is 1. The number of carbonyl (C=O) groups is 1. The summed E-state index contributed by atoms with van der Waals surface area (Å²) in [5, 5.41) is 3.86. The van der Waals surface area contributed by atoms with Gasteiger partial charge in [0.25, 0.3) is 5.91 Å². The first-order chi connectivity index (χ1) is 8.67. The molecule has 0 aliphatic rings. The van der Waals surface area contributed by atoms with Gasteiger partial charge >= 0.3 is 0 Å². The van der Waals surface area contributed by atoms with Crippen LogP contribution in [0.5, 0.6) is 0 Å². The van der Waals surface area contributed by atoms with Gasteiger partial charge < -0.3 is 5.32 Å². The maximum atomic E-state index is 12.0. The molecule has 1 atom stereocenters. The van der Waals surface area contributed by atoms with Crippen molar-refractivity contribution in [2.24, 2.45) is 0 Å². The molecule has 0 fully saturated rings. The number of nitrogens with one attached hydrogen (secondary N) is 1. The van der Waals surface area contributed by atoms with Crippen LogP contribution in [0.15, 0.2) is 24.3 Å². The fourth-order valence-corrected chi connectivity index (χ4v) is 2.20. The van der Waals surface area contributed by atoms with Gasteiger partial charge in [-0.25, -0.2) is 0 Å². The number of unbranched alkanes of at least 4 members (excludes halogenated alkanes) is 2. The molecule has 1 unspecified atom stereocenters. The summed E-state index contributed by atoms with van der Waals surface area (Å²) in [6, 6.07) is 7.96. The van der Waals surface area contributed by atoms with Crippen molar-refractivity contribution in [2.45, 2.75) is 50.9 Å². The van der Waals surface area contributed by atoms with Gasteiger partial charge in [-0.3, -0.25) is 4.79 Å². The highest BCUT2D eigenvalue weighted by Gasteiger charge is 2.09. The second-order valence-corrected chi connectivity index (χ2v) is 5.26. The molecule has 1 rings (SSSR count). The molecular weight excluding hydrogens is 290 g/mol. The number of alkyl halides is 1. The summed E-state index contributed by atoms with van der Waals surface area (Å²) in [4.78, 5) is 12.0. The standard InChI is InChI=1S/C15H22BrNO/c1-3-4-5-6-12(2)17-15(18)14-9-7-13(11-16)8-10-14/h7-10,12H,3-6,11H2,1-2H3,(H,17,18). The number of amides is 1. The number of hydrogen-bond acceptors (Lipinski definition) is 1. The summed E-state index contributed by atoms with van der Waals surface area (Å²) in [5.74, 6) is 0.0279. The Bertz CT molecular complexity index is 361. The molecule has 0 aromatic heterocycles. The monoisotopic (exact) mass is 311 g/mol. The van der Waals surface area contributed by atoms with E-state index in [0.29, 0.717) is 0 Å². The van der Waals surface area contributed by atoms with Crippen LogP contribution in [0.25, 0.3) is 0 Å². The highest BCUT2D eigenvalue weighted by Crippen LogP contribution is 2.09. The Labute approximate surface area is 118 Å². The van der Waals surface area contributed by atoms with E-state index in [2.05, 4.69) is 35.1 Å². The molecule has 1 amide bonds. The molecule has 3 heteroatoms. The van der Waals surface area contributed by atoms with Crippen molar-refractivity contribution in [2.75, 3.05) is 0 Å². The van der Waals surface area contributed by atoms with Gasteiger partial charge in [-0.1, -0.05) is 54.2 Å². The molecule has 0 heterocycles. The van der Waals surface area contributed by atoms with Crippen LogP contribution < -0.4 is 5.32 Å². The van der Waals surface area contributed by atoms with Crippen LogP contribution in [-0.2, 0) is 5.33 Å². The van der Waals surface area contributed by atoms with Crippen LogP contribution in [0.4, 0.5) is 0 Å². The molecule has 1 aromatic carbocycles. The zero-order chi connectivity index (χ0) is 13.4. The summed E-state index contributed by atoms with van der Waals surface area (Å²) < 4.78 is 0. The molecule has 0 radical (unpaired) electrons. The van der Waals surface area contributed by atoms with Crippen LogP contribution in [0.3, 0.4) is 0 Å². The van der Waals surface area contributed by atoms with E-state index >= 15 is 0 Å². The van der Waals surface area contributed by atoms with Crippen molar-refractivity contribution in [3.8, 4) is 0 Å². The van der Waals surface area contributed by atoms with Crippen LogP contribution >= 0.6 is 15.9 Å². The number of hydrogen-bond donors (Lipinski definition) is 1. The predicted octanol–water partition coefficient (Wildman–Crippen LogP) is 4.28. The average molecular weight is 312 g/mol. The lowest BCUT2D eigenvalue weighted by molar-refractivity contribution is 0.0938. The topological polar surface area (TPSA) is 29.1 Å². The molecule has 0 saturated heterocycles. The quantitative estimate of drug-likeness (QED) is 0.591. The van der Waals surface area contributed by atoms with E-state index in [1.165, 1.54) is 24.8 Å². The van der Waals surface area contributed by atoms with Gasteiger partial charge in [0.05, 0.1) is 0 Å². The normalized spacial score (nSPS) is 12.2. The second kappa shape index (κ2) is 8.30. The number of halogens is 1. The minimum atomic E-state index is 0.0279. The van der Waals surface area contributed by atoms with E-state index in [1.807, 2.05) is 24.3 Å². The van der Waals surface area contributed by atoms with E-state index in [4.69, 9.17) is 0 Å². The van der Waals surface area contributed by atoms with Crippen molar-refractivity contribution >= 4 is 21.8 Å². The second-order valence-electron chi connectivity index (χ2n) is 4.70. The van der Waals surface area contributed by atoms with E-state index in [-0.39, 0.29) is 11.9 Å². The summed E-state index contributed by atoms with van der Waals surface area (Å²) in [5.41, 5.74) is 1.92. The van der Waals surface area contributed by atoms with E-state index in [9.17, 15) is 4.79 Å². The van der Waals surface area contributed by atoms with Gasteiger partial charge in [0.2, 0.25) is 0 Å². The molecule has 0 aliphatic carbocycles. The molecule has 0 spiro atoms.